The second-order valence-electron chi connectivity index (χ2n) is 7.59. The molecule has 0 spiro atoms. The van der Waals surface area contributed by atoms with Gasteiger partial charge in [0.1, 0.15) is 5.76 Å². The van der Waals surface area contributed by atoms with Crippen LogP contribution >= 0.6 is 0 Å². The van der Waals surface area contributed by atoms with Crippen LogP contribution in [0.1, 0.15) is 64.1 Å². The third-order valence-electron chi connectivity index (χ3n) is 5.53. The average Bonchev–Trinajstić information content (AvgIpc) is 2.98. The number of aliphatic hydroxyl groups excluding tert-OH is 1. The molecule has 2 aliphatic rings. The predicted octanol–water partition coefficient (Wildman–Crippen LogP) is -0.660. The molecule has 0 saturated carbocycles. The smallest absolute Gasteiger partial charge is 0.742 e. The molecule has 0 saturated heterocycles. The molecule has 4 rings (SSSR count). The van der Waals surface area contributed by atoms with Gasteiger partial charge in [0.15, 0.2) is 10.1 Å². The fourth-order valence-corrected chi connectivity index (χ4v) is 4.93. The first kappa shape index (κ1) is 21.4. The standard InChI is InChI=1S/C19H18O7S.Na/c1-19(2)7-3-4-9-12(19)6-5-10-13(9)15(21)16(22)14-11(8-20)18(26-17(10)14)27(23,24)25;/h5-6,20H,3-4,7-8H2,1-2H3,(H,23,24,25);/q;+1/p-1. The molecule has 0 amide bonds. The molecule has 9 heteroatoms. The van der Waals surface area contributed by atoms with Crippen LogP contribution in [0.4, 0.5) is 0 Å². The fraction of sp³-hybridized carbons (Fsp3) is 0.368. The number of benzene rings is 1. The molecule has 1 N–H and O–H groups in total. The van der Waals surface area contributed by atoms with Gasteiger partial charge in [-0.3, -0.25) is 9.59 Å². The normalized spacial score (nSPS) is 17.4. The van der Waals surface area contributed by atoms with Gasteiger partial charge < -0.3 is 14.1 Å². The Labute approximate surface area is 184 Å². The van der Waals surface area contributed by atoms with Gasteiger partial charge in [0.25, 0.3) is 0 Å². The minimum atomic E-state index is -5.06. The molecule has 1 aromatic heterocycles. The average molecular weight is 412 g/mol. The zero-order valence-corrected chi connectivity index (χ0v) is 18.6. The van der Waals surface area contributed by atoms with Crippen LogP contribution in [0.15, 0.2) is 21.6 Å². The summed E-state index contributed by atoms with van der Waals surface area (Å²) in [5.41, 5.74) is 1.29. The number of carbonyl (C=O) groups is 2. The van der Waals surface area contributed by atoms with Gasteiger partial charge in [0.2, 0.25) is 16.7 Å². The molecule has 2 aromatic rings. The van der Waals surface area contributed by atoms with Crippen molar-refractivity contribution in [1.82, 2.24) is 0 Å². The summed E-state index contributed by atoms with van der Waals surface area (Å²) in [6.45, 7) is 3.23. The Morgan fingerprint density at radius 1 is 1.18 bits per heavy atom. The van der Waals surface area contributed by atoms with E-state index < -0.39 is 38.9 Å². The van der Waals surface area contributed by atoms with Crippen LogP contribution in [-0.4, -0.2) is 29.6 Å². The second kappa shape index (κ2) is 6.90. The van der Waals surface area contributed by atoms with E-state index in [0.717, 1.165) is 24.0 Å². The van der Waals surface area contributed by atoms with Crippen molar-refractivity contribution in [2.24, 2.45) is 0 Å². The number of hydrogen-bond donors (Lipinski definition) is 1. The zero-order chi connectivity index (χ0) is 19.7. The van der Waals surface area contributed by atoms with Gasteiger partial charge in [-0.05, 0) is 35.8 Å². The van der Waals surface area contributed by atoms with E-state index in [4.69, 9.17) is 4.42 Å². The Balaban J connectivity index is 0.00000225. The van der Waals surface area contributed by atoms with E-state index in [1.54, 1.807) is 6.07 Å². The maximum atomic E-state index is 12.9. The molecule has 0 unspecified atom stereocenters. The maximum absolute atomic E-state index is 12.9. The van der Waals surface area contributed by atoms with Crippen LogP contribution in [-0.2, 0) is 28.6 Å². The first-order chi connectivity index (χ1) is 12.6. The minimum absolute atomic E-state index is 0. The Morgan fingerprint density at radius 3 is 2.43 bits per heavy atom. The van der Waals surface area contributed by atoms with Crippen molar-refractivity contribution < 1.29 is 61.6 Å². The topological polar surface area (TPSA) is 125 Å². The summed E-state index contributed by atoms with van der Waals surface area (Å²) >= 11 is 0. The Morgan fingerprint density at radius 2 is 1.82 bits per heavy atom. The van der Waals surface area contributed by atoms with Gasteiger partial charge in [0, 0.05) is 16.7 Å². The van der Waals surface area contributed by atoms with Crippen molar-refractivity contribution in [1.29, 1.82) is 0 Å². The molecule has 0 aliphatic heterocycles. The number of hydrogen-bond acceptors (Lipinski definition) is 7. The van der Waals surface area contributed by atoms with Crippen molar-refractivity contribution in [3.8, 4) is 11.3 Å². The SMILES string of the molecule is CC1(C)CCCc2c1ccc1c2C(=O)C(=O)c2c-1oc(S(=O)(=O)[O-])c2CO.[Na+]. The summed E-state index contributed by atoms with van der Waals surface area (Å²) < 4.78 is 39.7. The van der Waals surface area contributed by atoms with Gasteiger partial charge in [-0.25, -0.2) is 8.42 Å². The molecular weight excluding hydrogens is 395 g/mol. The Bertz CT molecular complexity index is 1130. The van der Waals surface area contributed by atoms with Crippen LogP contribution < -0.4 is 29.6 Å². The molecule has 7 nitrogen and oxygen atoms in total. The van der Waals surface area contributed by atoms with E-state index in [0.29, 0.717) is 6.42 Å². The number of fused-ring (bicyclic) bond motifs is 5. The summed E-state index contributed by atoms with van der Waals surface area (Å²) in [7, 11) is -5.06. The summed E-state index contributed by atoms with van der Waals surface area (Å²) in [5.74, 6) is -1.87. The first-order valence-corrected chi connectivity index (χ1v) is 9.97. The molecule has 0 radical (unpaired) electrons. The molecule has 2 aliphatic carbocycles. The summed E-state index contributed by atoms with van der Waals surface area (Å²) in [4.78, 5) is 25.6. The monoisotopic (exact) mass is 412 g/mol. The molecular formula is C19H17NaO7S. The number of Topliss-reactive ketones (excluding diaryl/α,β-unsaturated/α-hetero) is 2. The molecule has 1 aromatic carbocycles. The fourth-order valence-electron chi connectivity index (χ4n) is 4.28. The van der Waals surface area contributed by atoms with Crippen LogP contribution in [0.2, 0.25) is 0 Å². The van der Waals surface area contributed by atoms with Gasteiger partial charge >= 0.3 is 29.6 Å². The predicted molar refractivity (Wildman–Crippen MR) is 92.7 cm³/mol. The maximum Gasteiger partial charge on any atom is 1.00 e. The van der Waals surface area contributed by atoms with Gasteiger partial charge in [-0.2, -0.15) is 0 Å². The summed E-state index contributed by atoms with van der Waals surface area (Å²) in [6.07, 6.45) is 2.42. The third kappa shape index (κ3) is 2.94. The zero-order valence-electron chi connectivity index (χ0n) is 15.8. The van der Waals surface area contributed by atoms with Gasteiger partial charge in [-0.15, -0.1) is 0 Å². The molecule has 0 atom stereocenters. The molecule has 1 heterocycles. The van der Waals surface area contributed by atoms with Crippen LogP contribution in [0.25, 0.3) is 11.3 Å². The van der Waals surface area contributed by atoms with Crippen molar-refractivity contribution in [3.63, 3.8) is 0 Å². The van der Waals surface area contributed by atoms with E-state index in [1.807, 2.05) is 6.07 Å². The van der Waals surface area contributed by atoms with Crippen molar-refractivity contribution in [2.45, 2.75) is 50.2 Å². The summed E-state index contributed by atoms with van der Waals surface area (Å²) in [6, 6.07) is 3.48. The van der Waals surface area contributed by atoms with Crippen molar-refractivity contribution >= 4 is 21.7 Å². The minimum Gasteiger partial charge on any atom is -0.742 e. The van der Waals surface area contributed by atoms with E-state index >= 15 is 0 Å². The number of aliphatic hydroxyl groups is 1. The third-order valence-corrected chi connectivity index (χ3v) is 6.31. The van der Waals surface area contributed by atoms with Gasteiger partial charge in [-0.1, -0.05) is 26.0 Å². The van der Waals surface area contributed by atoms with Gasteiger partial charge in [0.05, 0.1) is 12.2 Å². The number of carbonyl (C=O) groups excluding carboxylic acids is 2. The molecule has 28 heavy (non-hydrogen) atoms. The van der Waals surface area contributed by atoms with E-state index in [2.05, 4.69) is 13.8 Å². The number of ketones is 2. The molecule has 142 valence electrons. The first-order valence-electron chi connectivity index (χ1n) is 8.56. The number of rotatable bonds is 2. The molecule has 0 fully saturated rings. The van der Waals surface area contributed by atoms with Crippen molar-refractivity contribution in [2.75, 3.05) is 0 Å². The molecule has 0 bridgehead atoms. The summed E-state index contributed by atoms with van der Waals surface area (Å²) in [5, 5.41) is 8.50. The second-order valence-corrected chi connectivity index (χ2v) is 8.87. The van der Waals surface area contributed by atoms with E-state index in [9.17, 15) is 27.7 Å². The quantitative estimate of drug-likeness (QED) is 0.394. The van der Waals surface area contributed by atoms with Crippen molar-refractivity contribution in [3.05, 3.63) is 39.9 Å². The Kier molecular flexibility index (Phi) is 5.28. The Hall–Kier alpha value is -1.29. The van der Waals surface area contributed by atoms with Crippen LogP contribution in [0, 0.1) is 0 Å². The number of furan rings is 1. The van der Waals surface area contributed by atoms with Crippen LogP contribution in [0.3, 0.4) is 0 Å². The van der Waals surface area contributed by atoms with E-state index in [-0.39, 0.29) is 57.4 Å². The van der Waals surface area contributed by atoms with E-state index in [1.165, 1.54) is 0 Å². The largest absolute Gasteiger partial charge is 1.00 e. The van der Waals surface area contributed by atoms with Crippen LogP contribution in [0.5, 0.6) is 0 Å².